The fourth-order valence-corrected chi connectivity index (χ4v) is 4.18. The Morgan fingerprint density at radius 1 is 1.09 bits per heavy atom. The van der Waals surface area contributed by atoms with Gasteiger partial charge in [0, 0.05) is 24.9 Å². The summed E-state index contributed by atoms with van der Waals surface area (Å²) in [6.07, 6.45) is 6.16. The van der Waals surface area contributed by atoms with Gasteiger partial charge in [-0.1, -0.05) is 0 Å². The second-order valence-corrected chi connectivity index (χ2v) is 7.14. The van der Waals surface area contributed by atoms with Crippen molar-refractivity contribution in [3.8, 4) is 0 Å². The molecule has 4 atom stereocenters. The first-order valence-corrected chi connectivity index (χ1v) is 8.75. The van der Waals surface area contributed by atoms with Gasteiger partial charge in [-0.15, -0.1) is 0 Å². The molecule has 3 aliphatic carbocycles. The Balaban J connectivity index is 1.41. The molecule has 3 saturated carbocycles. The summed E-state index contributed by atoms with van der Waals surface area (Å²) in [7, 11) is 1.41. The normalized spacial score (nSPS) is 31.7. The molecule has 2 N–H and O–H groups in total. The molecule has 23 heavy (non-hydrogen) atoms. The van der Waals surface area contributed by atoms with Gasteiger partial charge in [0.1, 0.15) is 0 Å². The monoisotopic (exact) mass is 322 g/mol. The molecule has 0 aliphatic heterocycles. The van der Waals surface area contributed by atoms with Crippen LogP contribution in [-0.2, 0) is 19.1 Å². The number of ether oxygens (including phenoxy) is 1. The van der Waals surface area contributed by atoms with Crippen LogP contribution in [0.25, 0.3) is 0 Å². The van der Waals surface area contributed by atoms with Crippen LogP contribution < -0.4 is 10.6 Å². The van der Waals surface area contributed by atoms with Crippen molar-refractivity contribution >= 4 is 17.8 Å². The molecule has 6 nitrogen and oxygen atoms in total. The van der Waals surface area contributed by atoms with E-state index in [0.29, 0.717) is 31.2 Å². The highest BCUT2D eigenvalue weighted by Gasteiger charge is 2.51. The van der Waals surface area contributed by atoms with E-state index in [9.17, 15) is 14.4 Å². The molecule has 0 saturated heterocycles. The molecule has 0 heterocycles. The molecule has 3 rings (SSSR count). The van der Waals surface area contributed by atoms with E-state index in [1.807, 2.05) is 0 Å². The van der Waals surface area contributed by atoms with Crippen LogP contribution >= 0.6 is 0 Å². The summed E-state index contributed by atoms with van der Waals surface area (Å²) >= 11 is 0. The third-order valence-electron chi connectivity index (χ3n) is 5.55. The number of carbonyl (C=O) groups excluding carboxylic acids is 3. The average Bonchev–Trinajstić information content (AvgIpc) is 3.21. The van der Waals surface area contributed by atoms with Crippen LogP contribution in [0.4, 0.5) is 0 Å². The zero-order valence-electron chi connectivity index (χ0n) is 13.7. The summed E-state index contributed by atoms with van der Waals surface area (Å²) in [4.78, 5) is 35.6. The summed E-state index contributed by atoms with van der Waals surface area (Å²) in [5.74, 6) is 0.676. The van der Waals surface area contributed by atoms with Crippen molar-refractivity contribution in [2.45, 2.75) is 51.0 Å². The lowest BCUT2D eigenvalue weighted by molar-refractivity contribution is -0.148. The second kappa shape index (κ2) is 6.89. The summed E-state index contributed by atoms with van der Waals surface area (Å²) < 4.78 is 4.91. The Kier molecular flexibility index (Phi) is 4.87. The molecule has 2 amide bonds. The summed E-state index contributed by atoms with van der Waals surface area (Å²) in [6, 6.07) is -0.0743. The van der Waals surface area contributed by atoms with Crippen LogP contribution in [0.2, 0.25) is 0 Å². The minimum absolute atomic E-state index is 0.0304. The van der Waals surface area contributed by atoms with E-state index in [4.69, 9.17) is 4.74 Å². The number of fused-ring (bicyclic) bond motifs is 2. The van der Waals surface area contributed by atoms with Gasteiger partial charge in [-0.25, -0.2) is 0 Å². The van der Waals surface area contributed by atoms with E-state index in [2.05, 4.69) is 10.6 Å². The van der Waals surface area contributed by atoms with Gasteiger partial charge >= 0.3 is 5.97 Å². The number of esters is 1. The fraction of sp³-hybridized carbons (Fsp3) is 0.824. The lowest BCUT2D eigenvalue weighted by Gasteiger charge is -2.29. The minimum atomic E-state index is -0.195. The van der Waals surface area contributed by atoms with E-state index in [-0.39, 0.29) is 35.7 Å². The van der Waals surface area contributed by atoms with Gasteiger partial charge in [0.15, 0.2) is 0 Å². The predicted octanol–water partition coefficient (Wildman–Crippen LogP) is 0.997. The standard InChI is InChI=1S/C17H26N2O4/c1-23-17(22)14-11-6-7-12(9-11)15(14)19-13(20)3-2-8-18-16(21)10-4-5-10/h10-12,14-15H,2-9H2,1H3,(H,18,21)(H,19,20)/t11-,12-,14-,15+/m0/s1. The van der Waals surface area contributed by atoms with Crippen LogP contribution in [0.15, 0.2) is 0 Å². The molecule has 0 aromatic carbocycles. The highest BCUT2D eigenvalue weighted by atomic mass is 16.5. The smallest absolute Gasteiger partial charge is 0.311 e. The van der Waals surface area contributed by atoms with Gasteiger partial charge in [0.2, 0.25) is 11.8 Å². The molecule has 0 spiro atoms. The van der Waals surface area contributed by atoms with Gasteiger partial charge in [0.25, 0.3) is 0 Å². The lowest BCUT2D eigenvalue weighted by atomic mass is 9.84. The molecular formula is C17H26N2O4. The van der Waals surface area contributed by atoms with Crippen molar-refractivity contribution in [2.24, 2.45) is 23.7 Å². The first-order chi connectivity index (χ1) is 11.1. The molecule has 0 radical (unpaired) electrons. The van der Waals surface area contributed by atoms with Gasteiger partial charge in [0.05, 0.1) is 13.0 Å². The zero-order chi connectivity index (χ0) is 16.4. The van der Waals surface area contributed by atoms with Crippen molar-refractivity contribution < 1.29 is 19.1 Å². The van der Waals surface area contributed by atoms with Crippen LogP contribution in [-0.4, -0.2) is 37.5 Å². The van der Waals surface area contributed by atoms with Gasteiger partial charge in [-0.3, -0.25) is 14.4 Å². The van der Waals surface area contributed by atoms with Crippen molar-refractivity contribution in [3.05, 3.63) is 0 Å². The van der Waals surface area contributed by atoms with E-state index in [1.165, 1.54) is 7.11 Å². The van der Waals surface area contributed by atoms with Gasteiger partial charge in [-0.05, 0) is 50.4 Å². The molecule has 2 bridgehead atoms. The van der Waals surface area contributed by atoms with Crippen molar-refractivity contribution in [3.63, 3.8) is 0 Å². The minimum Gasteiger partial charge on any atom is -0.469 e. The Labute approximate surface area is 136 Å². The SMILES string of the molecule is COC(=O)[C@H]1[C@H]2CC[C@@H](C2)[C@H]1NC(=O)CCCNC(=O)C1CC1. The number of amides is 2. The van der Waals surface area contributed by atoms with E-state index < -0.39 is 0 Å². The van der Waals surface area contributed by atoms with Gasteiger partial charge < -0.3 is 15.4 Å². The third kappa shape index (κ3) is 3.67. The van der Waals surface area contributed by atoms with E-state index >= 15 is 0 Å². The molecule has 6 heteroatoms. The largest absolute Gasteiger partial charge is 0.469 e. The topological polar surface area (TPSA) is 84.5 Å². The molecule has 3 aliphatic rings. The Morgan fingerprint density at radius 2 is 1.83 bits per heavy atom. The molecule has 0 aromatic heterocycles. The third-order valence-corrected chi connectivity index (χ3v) is 5.55. The first-order valence-electron chi connectivity index (χ1n) is 8.75. The number of rotatable bonds is 7. The summed E-state index contributed by atoms with van der Waals surface area (Å²) in [5.41, 5.74) is 0. The maximum absolute atomic E-state index is 12.1. The molecule has 0 unspecified atom stereocenters. The van der Waals surface area contributed by atoms with Crippen LogP contribution in [0.3, 0.4) is 0 Å². The van der Waals surface area contributed by atoms with Crippen molar-refractivity contribution in [1.82, 2.24) is 10.6 Å². The zero-order valence-corrected chi connectivity index (χ0v) is 13.7. The Hall–Kier alpha value is -1.59. The number of hydrogen-bond donors (Lipinski definition) is 2. The highest BCUT2D eigenvalue weighted by molar-refractivity contribution is 5.81. The number of methoxy groups -OCH3 is 1. The van der Waals surface area contributed by atoms with Crippen molar-refractivity contribution in [1.29, 1.82) is 0 Å². The fourth-order valence-electron chi connectivity index (χ4n) is 4.18. The maximum Gasteiger partial charge on any atom is 0.311 e. The first kappa shape index (κ1) is 16.3. The average molecular weight is 322 g/mol. The summed E-state index contributed by atoms with van der Waals surface area (Å²) in [6.45, 7) is 0.542. The number of nitrogens with one attached hydrogen (secondary N) is 2. The predicted molar refractivity (Wildman–Crippen MR) is 83.2 cm³/mol. The summed E-state index contributed by atoms with van der Waals surface area (Å²) in [5, 5.41) is 5.91. The van der Waals surface area contributed by atoms with Gasteiger partial charge in [-0.2, -0.15) is 0 Å². The molecule has 0 aromatic rings. The highest BCUT2D eigenvalue weighted by Crippen LogP contribution is 2.48. The quantitative estimate of drug-likeness (QED) is 0.541. The molecule has 3 fully saturated rings. The number of carbonyl (C=O) groups is 3. The van der Waals surface area contributed by atoms with Crippen molar-refractivity contribution in [2.75, 3.05) is 13.7 Å². The lowest BCUT2D eigenvalue weighted by Crippen LogP contribution is -2.47. The molecular weight excluding hydrogens is 296 g/mol. The second-order valence-electron chi connectivity index (χ2n) is 7.14. The Bertz CT molecular complexity index is 489. The van der Waals surface area contributed by atoms with E-state index in [0.717, 1.165) is 32.1 Å². The van der Waals surface area contributed by atoms with E-state index in [1.54, 1.807) is 0 Å². The maximum atomic E-state index is 12.1. The number of hydrogen-bond acceptors (Lipinski definition) is 4. The Morgan fingerprint density at radius 3 is 2.52 bits per heavy atom. The van der Waals surface area contributed by atoms with Crippen LogP contribution in [0.1, 0.15) is 44.9 Å². The molecule has 128 valence electrons. The van der Waals surface area contributed by atoms with Crippen LogP contribution in [0.5, 0.6) is 0 Å². The van der Waals surface area contributed by atoms with Crippen LogP contribution in [0, 0.1) is 23.7 Å².